The topological polar surface area (TPSA) is 67.4 Å². The fourth-order valence-electron chi connectivity index (χ4n) is 3.53. The number of hydrogen-bond donors (Lipinski definition) is 2. The van der Waals surface area contributed by atoms with Crippen molar-refractivity contribution in [2.45, 2.75) is 45.6 Å². The molecule has 0 fully saturated rings. The van der Waals surface area contributed by atoms with Gasteiger partial charge in [-0.2, -0.15) is 0 Å². The molecule has 148 valence electrons. The van der Waals surface area contributed by atoms with Gasteiger partial charge < -0.3 is 15.4 Å². The molecule has 0 saturated heterocycles. The zero-order valence-electron chi connectivity index (χ0n) is 16.6. The predicted molar refractivity (Wildman–Crippen MR) is 110 cm³/mol. The van der Waals surface area contributed by atoms with Gasteiger partial charge in [0.15, 0.2) is 0 Å². The second kappa shape index (κ2) is 9.40. The predicted octanol–water partition coefficient (Wildman–Crippen LogP) is 3.57. The third kappa shape index (κ3) is 5.12. The van der Waals surface area contributed by atoms with Crippen LogP contribution in [0.3, 0.4) is 0 Å². The quantitative estimate of drug-likeness (QED) is 0.772. The molecule has 28 heavy (non-hydrogen) atoms. The van der Waals surface area contributed by atoms with E-state index in [0.717, 1.165) is 24.2 Å². The molecule has 0 aliphatic heterocycles. The van der Waals surface area contributed by atoms with Gasteiger partial charge in [0, 0.05) is 5.56 Å². The van der Waals surface area contributed by atoms with E-state index in [1.807, 2.05) is 13.8 Å². The largest absolute Gasteiger partial charge is 0.494 e. The van der Waals surface area contributed by atoms with Gasteiger partial charge in [-0.15, -0.1) is 0 Å². The third-order valence-corrected chi connectivity index (χ3v) is 5.09. The minimum absolute atomic E-state index is 0.0542. The molecule has 2 amide bonds. The zero-order valence-corrected chi connectivity index (χ0v) is 16.6. The Hall–Kier alpha value is -2.82. The van der Waals surface area contributed by atoms with Crippen LogP contribution in [-0.4, -0.2) is 25.0 Å². The summed E-state index contributed by atoms with van der Waals surface area (Å²) in [4.78, 5) is 24.4. The van der Waals surface area contributed by atoms with E-state index in [-0.39, 0.29) is 24.4 Å². The van der Waals surface area contributed by atoms with Gasteiger partial charge in [-0.1, -0.05) is 18.2 Å². The number of nitrogens with one attached hydrogen (secondary N) is 2. The van der Waals surface area contributed by atoms with Gasteiger partial charge in [-0.05, 0) is 80.5 Å². The molecule has 2 N–H and O–H groups in total. The van der Waals surface area contributed by atoms with Crippen LogP contribution in [0, 0.1) is 0 Å². The van der Waals surface area contributed by atoms with E-state index in [9.17, 15) is 9.59 Å². The van der Waals surface area contributed by atoms with Gasteiger partial charge in [-0.25, -0.2) is 0 Å². The summed E-state index contributed by atoms with van der Waals surface area (Å²) in [7, 11) is 0. The second-order valence-corrected chi connectivity index (χ2v) is 7.16. The van der Waals surface area contributed by atoms with Crippen molar-refractivity contribution < 1.29 is 14.3 Å². The van der Waals surface area contributed by atoms with E-state index in [2.05, 4.69) is 28.8 Å². The van der Waals surface area contributed by atoms with E-state index in [0.29, 0.717) is 12.2 Å². The average Bonchev–Trinajstić information content (AvgIpc) is 2.72. The summed E-state index contributed by atoms with van der Waals surface area (Å²) < 4.78 is 5.36. The molecule has 2 aromatic carbocycles. The number of carbonyl (C=O) groups is 2. The Morgan fingerprint density at radius 1 is 1.04 bits per heavy atom. The smallest absolute Gasteiger partial charge is 0.251 e. The molecule has 2 aromatic rings. The summed E-state index contributed by atoms with van der Waals surface area (Å²) in [5, 5.41) is 5.63. The number of benzene rings is 2. The van der Waals surface area contributed by atoms with Gasteiger partial charge in [-0.3, -0.25) is 9.59 Å². The Morgan fingerprint density at radius 3 is 2.46 bits per heavy atom. The van der Waals surface area contributed by atoms with Crippen molar-refractivity contribution in [1.29, 1.82) is 0 Å². The number of ether oxygens (including phenoxy) is 1. The molecule has 0 aromatic heterocycles. The van der Waals surface area contributed by atoms with E-state index in [4.69, 9.17) is 4.74 Å². The molecule has 0 heterocycles. The second-order valence-electron chi connectivity index (χ2n) is 7.16. The lowest BCUT2D eigenvalue weighted by molar-refractivity contribution is -0.120. The Morgan fingerprint density at radius 2 is 1.75 bits per heavy atom. The number of aryl methyl sites for hydroxylation is 2. The van der Waals surface area contributed by atoms with Gasteiger partial charge >= 0.3 is 0 Å². The van der Waals surface area contributed by atoms with Crippen molar-refractivity contribution in [3.05, 3.63) is 64.7 Å². The molecule has 5 nitrogen and oxygen atoms in total. The van der Waals surface area contributed by atoms with Crippen molar-refractivity contribution in [3.8, 4) is 5.75 Å². The Balaban J connectivity index is 1.50. The first-order valence-corrected chi connectivity index (χ1v) is 9.99. The highest BCUT2D eigenvalue weighted by atomic mass is 16.5. The minimum Gasteiger partial charge on any atom is -0.494 e. The number of carbonyl (C=O) groups excluding carboxylic acids is 2. The Kier molecular flexibility index (Phi) is 6.69. The SMILES string of the molecule is CCOc1ccc(C(=O)NCC(=O)N[C@@H](C)c2ccc3c(c2)CCCC3)cc1. The maximum atomic E-state index is 12.2. The first-order valence-electron chi connectivity index (χ1n) is 9.99. The fraction of sp³-hybridized carbons (Fsp3) is 0.391. The zero-order chi connectivity index (χ0) is 19.9. The fourth-order valence-corrected chi connectivity index (χ4v) is 3.53. The lowest BCUT2D eigenvalue weighted by Gasteiger charge is -2.20. The normalized spacial score (nSPS) is 13.9. The van der Waals surface area contributed by atoms with E-state index in [1.54, 1.807) is 24.3 Å². The highest BCUT2D eigenvalue weighted by Crippen LogP contribution is 2.24. The summed E-state index contributed by atoms with van der Waals surface area (Å²) in [5.74, 6) is 0.236. The summed E-state index contributed by atoms with van der Waals surface area (Å²) in [5.41, 5.74) is 4.43. The lowest BCUT2D eigenvalue weighted by Crippen LogP contribution is -2.38. The minimum atomic E-state index is -0.278. The molecule has 0 radical (unpaired) electrons. The van der Waals surface area contributed by atoms with E-state index < -0.39 is 0 Å². The molecule has 0 bridgehead atoms. The molecule has 1 aliphatic rings. The van der Waals surface area contributed by atoms with Crippen molar-refractivity contribution >= 4 is 11.8 Å². The molecule has 0 unspecified atom stereocenters. The standard InChI is InChI=1S/C23H28N2O3/c1-3-28-21-12-10-18(11-13-21)23(27)24-15-22(26)25-16(2)19-9-8-17-6-4-5-7-20(17)14-19/h8-14,16H,3-7,15H2,1-2H3,(H,24,27)(H,25,26)/t16-/m0/s1. The van der Waals surface area contributed by atoms with Crippen molar-refractivity contribution in [2.75, 3.05) is 13.2 Å². The molecular weight excluding hydrogens is 352 g/mol. The Labute approximate surface area is 166 Å². The van der Waals surface area contributed by atoms with Gasteiger partial charge in [0.1, 0.15) is 5.75 Å². The summed E-state index contributed by atoms with van der Waals surface area (Å²) in [6.45, 7) is 4.40. The molecular formula is C23H28N2O3. The molecule has 1 aliphatic carbocycles. The molecule has 5 heteroatoms. The lowest BCUT2D eigenvalue weighted by atomic mass is 9.89. The van der Waals surface area contributed by atoms with Crippen molar-refractivity contribution in [2.24, 2.45) is 0 Å². The number of rotatable bonds is 7. The van der Waals surface area contributed by atoms with Crippen molar-refractivity contribution in [1.82, 2.24) is 10.6 Å². The first kappa shape index (κ1) is 19.9. The third-order valence-electron chi connectivity index (χ3n) is 5.09. The molecule has 0 spiro atoms. The van der Waals surface area contributed by atoms with Crippen LogP contribution in [0.2, 0.25) is 0 Å². The average molecular weight is 380 g/mol. The van der Waals surface area contributed by atoms with Crippen LogP contribution in [-0.2, 0) is 17.6 Å². The molecule has 1 atom stereocenters. The monoisotopic (exact) mass is 380 g/mol. The highest BCUT2D eigenvalue weighted by molar-refractivity contribution is 5.96. The summed E-state index contributed by atoms with van der Waals surface area (Å²) in [6.07, 6.45) is 4.75. The van der Waals surface area contributed by atoms with Gasteiger partial charge in [0.25, 0.3) is 5.91 Å². The van der Waals surface area contributed by atoms with Gasteiger partial charge in [0.05, 0.1) is 19.2 Å². The number of hydrogen-bond acceptors (Lipinski definition) is 3. The summed E-state index contributed by atoms with van der Waals surface area (Å²) >= 11 is 0. The van der Waals surface area contributed by atoms with Gasteiger partial charge in [0.2, 0.25) is 5.91 Å². The van der Waals surface area contributed by atoms with Crippen LogP contribution in [0.25, 0.3) is 0 Å². The van der Waals surface area contributed by atoms with Crippen LogP contribution < -0.4 is 15.4 Å². The first-order chi connectivity index (χ1) is 13.6. The Bertz CT molecular complexity index is 830. The van der Waals surface area contributed by atoms with Crippen LogP contribution in [0.15, 0.2) is 42.5 Å². The van der Waals surface area contributed by atoms with E-state index in [1.165, 1.54) is 24.0 Å². The van der Waals surface area contributed by atoms with Crippen LogP contribution in [0.5, 0.6) is 5.75 Å². The van der Waals surface area contributed by atoms with Crippen molar-refractivity contribution in [3.63, 3.8) is 0 Å². The molecule has 3 rings (SSSR count). The van der Waals surface area contributed by atoms with E-state index >= 15 is 0 Å². The maximum Gasteiger partial charge on any atom is 0.251 e. The van der Waals surface area contributed by atoms with Crippen LogP contribution in [0.4, 0.5) is 0 Å². The summed E-state index contributed by atoms with van der Waals surface area (Å²) in [6, 6.07) is 13.3. The number of amides is 2. The van der Waals surface area contributed by atoms with Crippen LogP contribution in [0.1, 0.15) is 59.8 Å². The van der Waals surface area contributed by atoms with Crippen LogP contribution >= 0.6 is 0 Å². The molecule has 0 saturated carbocycles. The maximum absolute atomic E-state index is 12.2. The highest BCUT2D eigenvalue weighted by Gasteiger charge is 2.15. The number of fused-ring (bicyclic) bond motifs is 1.